The van der Waals surface area contributed by atoms with E-state index in [0.717, 1.165) is 11.2 Å². The van der Waals surface area contributed by atoms with E-state index in [-0.39, 0.29) is 0 Å². The maximum absolute atomic E-state index is 10.2. The molecule has 0 atom stereocenters. The summed E-state index contributed by atoms with van der Waals surface area (Å²) in [6, 6.07) is 5.42. The Hall–Kier alpha value is -1.40. The van der Waals surface area contributed by atoms with Gasteiger partial charge in [0.2, 0.25) is 0 Å². The summed E-state index contributed by atoms with van der Waals surface area (Å²) in [7, 11) is 0. The first kappa shape index (κ1) is 7.70. The molecule has 54 valence electrons. The molecule has 3 heteroatoms. The van der Waals surface area contributed by atoms with Gasteiger partial charge in [0.1, 0.15) is 0 Å². The fourth-order valence-corrected chi connectivity index (χ4v) is 1.37. The lowest BCUT2D eigenvalue weighted by Gasteiger charge is -1.76. The molecule has 0 radical (unpaired) electrons. The van der Waals surface area contributed by atoms with Crippen LogP contribution in [-0.4, -0.2) is 6.29 Å². The highest BCUT2D eigenvalue weighted by atomic mass is 32.1. The number of carbonyl (C=O) groups is 1. The molecule has 0 aliphatic rings. The average molecular weight is 163 g/mol. The largest absolute Gasteiger partial charge is 0.297 e. The van der Waals surface area contributed by atoms with E-state index in [2.05, 4.69) is 0 Å². The summed E-state index contributed by atoms with van der Waals surface area (Å²) in [5.41, 5.74) is 0. The molecule has 0 amide bonds. The van der Waals surface area contributed by atoms with E-state index in [1.165, 1.54) is 17.4 Å². The van der Waals surface area contributed by atoms with Crippen molar-refractivity contribution in [1.82, 2.24) is 0 Å². The van der Waals surface area contributed by atoms with Gasteiger partial charge >= 0.3 is 0 Å². The molecule has 1 rings (SSSR count). The summed E-state index contributed by atoms with van der Waals surface area (Å²) >= 11 is 1.37. The number of nitriles is 1. The molecule has 1 aromatic heterocycles. The number of aldehydes is 1. The van der Waals surface area contributed by atoms with Gasteiger partial charge in [-0.25, -0.2) is 0 Å². The van der Waals surface area contributed by atoms with Gasteiger partial charge in [0.15, 0.2) is 6.29 Å². The zero-order chi connectivity index (χ0) is 8.10. The number of thiophene rings is 1. The van der Waals surface area contributed by atoms with Gasteiger partial charge < -0.3 is 0 Å². The van der Waals surface area contributed by atoms with Crippen LogP contribution in [0, 0.1) is 11.3 Å². The van der Waals surface area contributed by atoms with Crippen molar-refractivity contribution in [2.45, 2.75) is 0 Å². The maximum atomic E-state index is 10.2. The SMILES string of the molecule is N#CC=Cc1ccc(C=O)s1. The van der Waals surface area contributed by atoms with Crippen molar-refractivity contribution < 1.29 is 4.79 Å². The van der Waals surface area contributed by atoms with Gasteiger partial charge in [0.25, 0.3) is 0 Å². The quantitative estimate of drug-likeness (QED) is 0.494. The lowest BCUT2D eigenvalue weighted by molar-refractivity contribution is 0.112. The first-order valence-electron chi connectivity index (χ1n) is 2.98. The Bertz CT molecular complexity index is 319. The van der Waals surface area contributed by atoms with Crippen LogP contribution < -0.4 is 0 Å². The van der Waals surface area contributed by atoms with Crippen molar-refractivity contribution in [3.63, 3.8) is 0 Å². The number of nitrogens with zero attached hydrogens (tertiary/aromatic N) is 1. The van der Waals surface area contributed by atoms with Crippen LogP contribution in [0.2, 0.25) is 0 Å². The monoisotopic (exact) mass is 163 g/mol. The van der Waals surface area contributed by atoms with Gasteiger partial charge in [-0.05, 0) is 18.2 Å². The third-order valence-corrected chi connectivity index (χ3v) is 2.06. The Labute approximate surface area is 68.4 Å². The van der Waals surface area contributed by atoms with E-state index in [1.54, 1.807) is 12.1 Å². The molecular formula is C8H5NOS. The Kier molecular flexibility index (Phi) is 2.59. The molecule has 1 aromatic rings. The summed E-state index contributed by atoms with van der Waals surface area (Å²) in [6.07, 6.45) is 3.87. The average Bonchev–Trinajstić information content (AvgIpc) is 2.48. The van der Waals surface area contributed by atoms with Crippen LogP contribution in [0.1, 0.15) is 14.5 Å². The van der Waals surface area contributed by atoms with Gasteiger partial charge in [-0.15, -0.1) is 11.3 Å². The lowest BCUT2D eigenvalue weighted by atomic mass is 10.4. The molecular weight excluding hydrogens is 158 g/mol. The predicted octanol–water partition coefficient (Wildman–Crippen LogP) is 2.10. The molecule has 0 spiro atoms. The molecule has 1 heterocycles. The van der Waals surface area contributed by atoms with E-state index in [4.69, 9.17) is 5.26 Å². The van der Waals surface area contributed by atoms with Crippen molar-refractivity contribution in [3.8, 4) is 6.07 Å². The third kappa shape index (κ3) is 2.03. The molecule has 0 fully saturated rings. The Morgan fingerprint density at radius 3 is 2.73 bits per heavy atom. The van der Waals surface area contributed by atoms with Crippen molar-refractivity contribution in [2.75, 3.05) is 0 Å². The van der Waals surface area contributed by atoms with E-state index in [0.29, 0.717) is 4.88 Å². The predicted molar refractivity (Wildman–Crippen MR) is 44.4 cm³/mol. The first-order chi connectivity index (χ1) is 5.36. The lowest BCUT2D eigenvalue weighted by Crippen LogP contribution is -1.61. The summed E-state index contributed by atoms with van der Waals surface area (Å²) in [5.74, 6) is 0. The van der Waals surface area contributed by atoms with Gasteiger partial charge in [0.05, 0.1) is 10.9 Å². The van der Waals surface area contributed by atoms with Crippen molar-refractivity contribution >= 4 is 23.7 Å². The fraction of sp³-hybridized carbons (Fsp3) is 0. The van der Waals surface area contributed by atoms with Crippen LogP contribution in [0.15, 0.2) is 18.2 Å². The van der Waals surface area contributed by atoms with Crippen LogP contribution in [0.3, 0.4) is 0 Å². The van der Waals surface area contributed by atoms with Gasteiger partial charge in [-0.2, -0.15) is 5.26 Å². The van der Waals surface area contributed by atoms with Gasteiger partial charge in [0, 0.05) is 11.0 Å². The molecule has 0 aliphatic heterocycles. The fourth-order valence-electron chi connectivity index (χ4n) is 0.641. The number of hydrogen-bond donors (Lipinski definition) is 0. The Balaban J connectivity index is 2.82. The second kappa shape index (κ2) is 3.69. The zero-order valence-electron chi connectivity index (χ0n) is 5.65. The molecule has 0 bridgehead atoms. The number of rotatable bonds is 2. The highest BCUT2D eigenvalue weighted by molar-refractivity contribution is 7.14. The summed E-state index contributed by atoms with van der Waals surface area (Å²) in [6.45, 7) is 0. The maximum Gasteiger partial charge on any atom is 0.160 e. The second-order valence-electron chi connectivity index (χ2n) is 1.82. The standard InChI is InChI=1S/C8H5NOS/c9-5-1-2-7-3-4-8(6-10)11-7/h1-4,6H. The highest BCUT2D eigenvalue weighted by Gasteiger charge is 1.93. The zero-order valence-corrected chi connectivity index (χ0v) is 6.47. The van der Waals surface area contributed by atoms with Crippen LogP contribution >= 0.6 is 11.3 Å². The van der Waals surface area contributed by atoms with Crippen molar-refractivity contribution in [3.05, 3.63) is 28.0 Å². The van der Waals surface area contributed by atoms with E-state index >= 15 is 0 Å². The Morgan fingerprint density at radius 1 is 1.45 bits per heavy atom. The molecule has 0 saturated heterocycles. The molecule has 2 nitrogen and oxygen atoms in total. The van der Waals surface area contributed by atoms with Crippen LogP contribution in [0.5, 0.6) is 0 Å². The topological polar surface area (TPSA) is 40.9 Å². The normalized spacial score (nSPS) is 9.73. The number of hydrogen-bond acceptors (Lipinski definition) is 3. The minimum Gasteiger partial charge on any atom is -0.297 e. The Morgan fingerprint density at radius 2 is 2.18 bits per heavy atom. The molecule has 0 aliphatic carbocycles. The van der Waals surface area contributed by atoms with E-state index in [9.17, 15) is 4.79 Å². The van der Waals surface area contributed by atoms with Crippen LogP contribution in [0.25, 0.3) is 6.08 Å². The number of carbonyl (C=O) groups excluding carboxylic acids is 1. The number of allylic oxidation sites excluding steroid dienone is 1. The molecule has 0 saturated carbocycles. The van der Waals surface area contributed by atoms with Crippen molar-refractivity contribution in [1.29, 1.82) is 5.26 Å². The van der Waals surface area contributed by atoms with E-state index in [1.807, 2.05) is 12.1 Å². The summed E-state index contributed by atoms with van der Waals surface area (Å²) < 4.78 is 0. The van der Waals surface area contributed by atoms with E-state index < -0.39 is 0 Å². The molecule has 0 N–H and O–H groups in total. The van der Waals surface area contributed by atoms with Crippen molar-refractivity contribution in [2.24, 2.45) is 0 Å². The molecule has 0 aromatic carbocycles. The second-order valence-corrected chi connectivity index (χ2v) is 2.97. The van der Waals surface area contributed by atoms with Gasteiger partial charge in [-0.3, -0.25) is 4.79 Å². The molecule has 11 heavy (non-hydrogen) atoms. The highest BCUT2D eigenvalue weighted by Crippen LogP contribution is 2.15. The first-order valence-corrected chi connectivity index (χ1v) is 3.79. The van der Waals surface area contributed by atoms with Gasteiger partial charge in [-0.1, -0.05) is 0 Å². The summed E-state index contributed by atoms with van der Waals surface area (Å²) in [4.78, 5) is 11.8. The van der Waals surface area contributed by atoms with Crippen LogP contribution in [-0.2, 0) is 0 Å². The minimum absolute atomic E-state index is 0.683. The third-order valence-electron chi connectivity index (χ3n) is 1.09. The smallest absolute Gasteiger partial charge is 0.160 e. The van der Waals surface area contributed by atoms with Crippen LogP contribution in [0.4, 0.5) is 0 Å². The minimum atomic E-state index is 0.683. The molecule has 0 unspecified atom stereocenters. The summed E-state index contributed by atoms with van der Waals surface area (Å²) in [5, 5.41) is 8.19.